The molecule has 0 unspecified atom stereocenters. The third-order valence-electron chi connectivity index (χ3n) is 6.29. The number of nitrogens with zero attached hydrogens (tertiary/aromatic N) is 3. The van der Waals surface area contributed by atoms with E-state index < -0.39 is 11.7 Å². The minimum atomic E-state index is -4.36. The average Bonchev–Trinajstić information content (AvgIpc) is 2.84. The van der Waals surface area contributed by atoms with Gasteiger partial charge in [0, 0.05) is 56.3 Å². The molecule has 2 heterocycles. The Kier molecular flexibility index (Phi) is 7.09. The van der Waals surface area contributed by atoms with Gasteiger partial charge in [-0.1, -0.05) is 6.07 Å². The molecule has 0 saturated carbocycles. The summed E-state index contributed by atoms with van der Waals surface area (Å²) in [6.07, 6.45) is -4.36. The summed E-state index contributed by atoms with van der Waals surface area (Å²) in [6, 6.07) is 12.9. The number of rotatable bonds is 5. The van der Waals surface area contributed by atoms with Gasteiger partial charge in [0.2, 0.25) is 5.91 Å². The van der Waals surface area contributed by atoms with Gasteiger partial charge >= 0.3 is 6.18 Å². The van der Waals surface area contributed by atoms with Gasteiger partial charge in [0.1, 0.15) is 0 Å². The third kappa shape index (κ3) is 5.78. The van der Waals surface area contributed by atoms with E-state index in [0.717, 1.165) is 43.7 Å². The molecule has 0 spiro atoms. The molecule has 1 atom stereocenters. The molecule has 2 aliphatic heterocycles. The zero-order chi connectivity index (χ0) is 23.4. The van der Waals surface area contributed by atoms with Crippen molar-refractivity contribution in [3.63, 3.8) is 0 Å². The molecular weight excluding hydrogens is 433 g/mol. The first-order valence-corrected chi connectivity index (χ1v) is 11.2. The van der Waals surface area contributed by atoms with E-state index in [1.54, 1.807) is 6.07 Å². The maximum Gasteiger partial charge on any atom is 0.416 e. The topological polar surface area (TPSA) is 48.1 Å². The Balaban J connectivity index is 1.29. The van der Waals surface area contributed by atoms with E-state index in [1.165, 1.54) is 12.1 Å². The van der Waals surface area contributed by atoms with Crippen LogP contribution in [0.5, 0.6) is 0 Å². The van der Waals surface area contributed by atoms with Crippen LogP contribution in [0.4, 0.5) is 30.2 Å². The van der Waals surface area contributed by atoms with Gasteiger partial charge in [0.25, 0.3) is 0 Å². The summed E-state index contributed by atoms with van der Waals surface area (Å²) >= 11 is 0. The minimum absolute atomic E-state index is 0.0957. The number of carbonyl (C=O) groups excluding carboxylic acids is 1. The van der Waals surface area contributed by atoms with Gasteiger partial charge in [-0.05, 0) is 49.4 Å². The lowest BCUT2D eigenvalue weighted by atomic mass is 10.1. The fourth-order valence-electron chi connectivity index (χ4n) is 4.24. The highest BCUT2D eigenvalue weighted by Crippen LogP contribution is 2.32. The zero-order valence-electron chi connectivity index (χ0n) is 18.6. The monoisotopic (exact) mass is 462 g/mol. The Morgan fingerprint density at radius 1 is 0.909 bits per heavy atom. The number of piperazine rings is 1. The summed E-state index contributed by atoms with van der Waals surface area (Å²) in [5.74, 6) is -0.0957. The molecular formula is C24H29F3N4O2. The molecule has 2 saturated heterocycles. The van der Waals surface area contributed by atoms with Crippen LogP contribution in [0.15, 0.2) is 48.5 Å². The van der Waals surface area contributed by atoms with Crippen LogP contribution in [0.2, 0.25) is 0 Å². The zero-order valence-corrected chi connectivity index (χ0v) is 18.6. The summed E-state index contributed by atoms with van der Waals surface area (Å²) in [5, 5.41) is 2.97. The van der Waals surface area contributed by atoms with Crippen LogP contribution in [0.25, 0.3) is 0 Å². The van der Waals surface area contributed by atoms with Crippen molar-refractivity contribution in [2.75, 3.05) is 67.6 Å². The van der Waals surface area contributed by atoms with E-state index in [-0.39, 0.29) is 11.9 Å². The van der Waals surface area contributed by atoms with Gasteiger partial charge < -0.3 is 19.9 Å². The van der Waals surface area contributed by atoms with E-state index in [2.05, 4.69) is 15.1 Å². The first-order valence-electron chi connectivity index (χ1n) is 11.2. The van der Waals surface area contributed by atoms with E-state index in [4.69, 9.17) is 4.74 Å². The van der Waals surface area contributed by atoms with Crippen molar-refractivity contribution in [3.8, 4) is 0 Å². The van der Waals surface area contributed by atoms with Crippen LogP contribution in [-0.2, 0) is 15.7 Å². The van der Waals surface area contributed by atoms with Crippen LogP contribution < -0.4 is 15.1 Å². The molecule has 1 N–H and O–H groups in total. The van der Waals surface area contributed by atoms with E-state index in [0.29, 0.717) is 31.9 Å². The Hall–Kier alpha value is -2.78. The molecule has 178 valence electrons. The molecule has 2 aliphatic rings. The predicted octanol–water partition coefficient (Wildman–Crippen LogP) is 3.69. The maximum atomic E-state index is 13.0. The normalized spacial score (nSPS) is 18.8. The van der Waals surface area contributed by atoms with Crippen LogP contribution in [0.3, 0.4) is 0 Å². The second-order valence-electron chi connectivity index (χ2n) is 8.38. The van der Waals surface area contributed by atoms with Crippen molar-refractivity contribution >= 4 is 23.0 Å². The van der Waals surface area contributed by atoms with Crippen molar-refractivity contribution in [1.82, 2.24) is 4.90 Å². The summed E-state index contributed by atoms with van der Waals surface area (Å²) in [6.45, 7) is 7.33. The number of nitrogens with one attached hydrogen (secondary N) is 1. The van der Waals surface area contributed by atoms with Gasteiger partial charge in [0.15, 0.2) is 0 Å². The lowest BCUT2D eigenvalue weighted by Gasteiger charge is -2.38. The molecule has 2 fully saturated rings. The Morgan fingerprint density at radius 2 is 1.55 bits per heavy atom. The Labute approximate surface area is 191 Å². The molecule has 1 amide bonds. The highest BCUT2D eigenvalue weighted by Gasteiger charge is 2.31. The molecule has 9 heteroatoms. The van der Waals surface area contributed by atoms with Crippen LogP contribution in [0, 0.1) is 0 Å². The fraction of sp³-hybridized carbons (Fsp3) is 0.458. The molecule has 4 rings (SSSR count). The van der Waals surface area contributed by atoms with E-state index in [1.807, 2.05) is 36.1 Å². The quantitative estimate of drug-likeness (QED) is 0.735. The van der Waals surface area contributed by atoms with Crippen molar-refractivity contribution in [2.45, 2.75) is 19.1 Å². The van der Waals surface area contributed by atoms with Crippen LogP contribution >= 0.6 is 0 Å². The molecule has 0 bridgehead atoms. The fourth-order valence-corrected chi connectivity index (χ4v) is 4.24. The standard InChI is InChI=1S/C24H29F3N4O2/c1-18(23(32)28-20-5-7-21(8-6-20)31-13-15-33-16-14-31)29-9-11-30(12-10-29)22-4-2-3-19(17-22)24(25,26)27/h2-8,17-18H,9-16H2,1H3,(H,28,32)/t18-/m0/s1. The molecule has 2 aromatic rings. The highest BCUT2D eigenvalue weighted by atomic mass is 19.4. The van der Waals surface area contributed by atoms with E-state index >= 15 is 0 Å². The van der Waals surface area contributed by atoms with Gasteiger partial charge in [0.05, 0.1) is 24.8 Å². The molecule has 0 aromatic heterocycles. The number of carbonyl (C=O) groups is 1. The average molecular weight is 463 g/mol. The predicted molar refractivity (Wildman–Crippen MR) is 123 cm³/mol. The third-order valence-corrected chi connectivity index (χ3v) is 6.29. The lowest BCUT2D eigenvalue weighted by Crippen LogP contribution is -2.52. The number of halogens is 3. The van der Waals surface area contributed by atoms with Crippen molar-refractivity contribution in [2.24, 2.45) is 0 Å². The van der Waals surface area contributed by atoms with Crippen LogP contribution in [-0.4, -0.2) is 69.3 Å². The summed E-state index contributed by atoms with van der Waals surface area (Å²) in [5.41, 5.74) is 1.76. The number of hydrogen-bond acceptors (Lipinski definition) is 5. The van der Waals surface area contributed by atoms with Gasteiger partial charge in [-0.15, -0.1) is 0 Å². The molecule has 0 aliphatic carbocycles. The van der Waals surface area contributed by atoms with Crippen molar-refractivity contribution in [1.29, 1.82) is 0 Å². The summed E-state index contributed by atoms with van der Waals surface area (Å²) < 4.78 is 44.4. The van der Waals surface area contributed by atoms with Gasteiger partial charge in [-0.25, -0.2) is 0 Å². The number of anilines is 3. The second kappa shape index (κ2) is 10.0. The molecule has 2 aromatic carbocycles. The van der Waals surface area contributed by atoms with Crippen molar-refractivity contribution < 1.29 is 22.7 Å². The summed E-state index contributed by atoms with van der Waals surface area (Å²) in [4.78, 5) is 19.0. The minimum Gasteiger partial charge on any atom is -0.378 e. The molecule has 6 nitrogen and oxygen atoms in total. The second-order valence-corrected chi connectivity index (χ2v) is 8.38. The Morgan fingerprint density at radius 3 is 2.18 bits per heavy atom. The maximum absolute atomic E-state index is 13.0. The van der Waals surface area contributed by atoms with Crippen LogP contribution in [0.1, 0.15) is 12.5 Å². The van der Waals surface area contributed by atoms with Gasteiger partial charge in [-0.2, -0.15) is 13.2 Å². The highest BCUT2D eigenvalue weighted by molar-refractivity contribution is 5.94. The number of morpholine rings is 1. The van der Waals surface area contributed by atoms with Gasteiger partial charge in [-0.3, -0.25) is 9.69 Å². The van der Waals surface area contributed by atoms with E-state index in [9.17, 15) is 18.0 Å². The number of ether oxygens (including phenoxy) is 1. The number of alkyl halides is 3. The SMILES string of the molecule is C[C@@H](C(=O)Nc1ccc(N2CCOCC2)cc1)N1CCN(c2cccc(C(F)(F)F)c2)CC1. The summed E-state index contributed by atoms with van der Waals surface area (Å²) in [7, 11) is 0. The lowest BCUT2D eigenvalue weighted by molar-refractivity contribution is -0.137. The number of benzene rings is 2. The largest absolute Gasteiger partial charge is 0.416 e. The molecule has 0 radical (unpaired) electrons. The van der Waals surface area contributed by atoms with Crippen molar-refractivity contribution in [3.05, 3.63) is 54.1 Å². The first-order chi connectivity index (χ1) is 15.8. The Bertz CT molecular complexity index is 937. The smallest absolute Gasteiger partial charge is 0.378 e. The first kappa shape index (κ1) is 23.4. The number of hydrogen-bond donors (Lipinski definition) is 1. The molecule has 33 heavy (non-hydrogen) atoms. The number of amides is 1.